The Kier molecular flexibility index (Phi) is 3.08. The summed E-state index contributed by atoms with van der Waals surface area (Å²) in [5, 5.41) is 5.58. The molecule has 0 aliphatic carbocycles. The van der Waals surface area contributed by atoms with Crippen LogP contribution in [0.1, 0.15) is 6.42 Å². The van der Waals surface area contributed by atoms with Gasteiger partial charge in [0.15, 0.2) is 0 Å². The number of benzene rings is 2. The molecular formula is C17H17FN4. The van der Waals surface area contributed by atoms with Crippen LogP contribution in [0, 0.1) is 5.82 Å². The van der Waals surface area contributed by atoms with Crippen molar-refractivity contribution in [2.45, 2.75) is 12.5 Å². The maximum atomic E-state index is 13.1. The van der Waals surface area contributed by atoms with Gasteiger partial charge in [0.1, 0.15) is 5.82 Å². The molecule has 0 amide bonds. The van der Waals surface area contributed by atoms with Gasteiger partial charge in [-0.1, -0.05) is 6.07 Å². The Balaban J connectivity index is 1.81. The fourth-order valence-electron chi connectivity index (χ4n) is 3.11. The molecule has 1 aliphatic heterocycles. The minimum Gasteiger partial charge on any atom is -0.369 e. The molecule has 112 valence electrons. The van der Waals surface area contributed by atoms with Gasteiger partial charge >= 0.3 is 0 Å². The van der Waals surface area contributed by atoms with Gasteiger partial charge in [-0.25, -0.2) is 9.07 Å². The molecular weight excluding hydrogens is 279 g/mol. The first-order valence-electron chi connectivity index (χ1n) is 7.45. The molecule has 1 fully saturated rings. The summed E-state index contributed by atoms with van der Waals surface area (Å²) >= 11 is 0. The van der Waals surface area contributed by atoms with Crippen LogP contribution in [0.15, 0.2) is 48.7 Å². The Morgan fingerprint density at radius 1 is 1.14 bits per heavy atom. The van der Waals surface area contributed by atoms with Gasteiger partial charge in [-0.2, -0.15) is 5.10 Å². The van der Waals surface area contributed by atoms with Crippen LogP contribution < -0.4 is 10.6 Å². The molecule has 22 heavy (non-hydrogen) atoms. The van der Waals surface area contributed by atoms with E-state index >= 15 is 0 Å². The van der Waals surface area contributed by atoms with Crippen LogP contribution in [0.3, 0.4) is 0 Å². The summed E-state index contributed by atoms with van der Waals surface area (Å²) in [6, 6.07) is 12.8. The number of rotatable bonds is 2. The van der Waals surface area contributed by atoms with Crippen LogP contribution in [0.25, 0.3) is 16.6 Å². The molecule has 0 bridgehead atoms. The van der Waals surface area contributed by atoms with Crippen molar-refractivity contribution in [2.75, 3.05) is 18.0 Å². The quantitative estimate of drug-likeness (QED) is 0.791. The molecule has 4 rings (SSSR count). The summed E-state index contributed by atoms with van der Waals surface area (Å²) < 4.78 is 14.9. The standard InChI is InChI=1S/C17H17FN4/c18-12-4-6-14(7-5-12)22-17-3-1-2-16(15(17)10-20-22)21-9-8-13(19)11-21/h1-7,10,13H,8-9,11,19H2/t13-/m0/s1. The van der Waals surface area contributed by atoms with E-state index in [1.807, 2.05) is 23.0 Å². The molecule has 0 radical (unpaired) electrons. The van der Waals surface area contributed by atoms with Gasteiger partial charge in [0.2, 0.25) is 0 Å². The Morgan fingerprint density at radius 3 is 2.68 bits per heavy atom. The van der Waals surface area contributed by atoms with E-state index in [1.54, 1.807) is 12.1 Å². The average molecular weight is 296 g/mol. The largest absolute Gasteiger partial charge is 0.369 e. The summed E-state index contributed by atoms with van der Waals surface area (Å²) in [4.78, 5) is 2.31. The summed E-state index contributed by atoms with van der Waals surface area (Å²) in [7, 11) is 0. The smallest absolute Gasteiger partial charge is 0.123 e. The highest BCUT2D eigenvalue weighted by Gasteiger charge is 2.21. The number of hydrogen-bond acceptors (Lipinski definition) is 3. The van der Waals surface area contributed by atoms with Gasteiger partial charge in [0, 0.05) is 30.2 Å². The predicted molar refractivity (Wildman–Crippen MR) is 85.8 cm³/mol. The third-order valence-corrected chi connectivity index (χ3v) is 4.23. The first-order valence-corrected chi connectivity index (χ1v) is 7.45. The molecule has 1 aromatic heterocycles. The number of nitrogens with two attached hydrogens (primary N) is 1. The first-order chi connectivity index (χ1) is 10.7. The van der Waals surface area contributed by atoms with Gasteiger partial charge in [-0.05, 0) is 42.8 Å². The zero-order valence-electron chi connectivity index (χ0n) is 12.1. The lowest BCUT2D eigenvalue weighted by Crippen LogP contribution is -2.26. The highest BCUT2D eigenvalue weighted by Crippen LogP contribution is 2.30. The molecule has 2 heterocycles. The predicted octanol–water partition coefficient (Wildman–Crippen LogP) is 2.70. The minimum atomic E-state index is -0.244. The van der Waals surface area contributed by atoms with E-state index in [0.29, 0.717) is 0 Å². The second-order valence-corrected chi connectivity index (χ2v) is 5.74. The number of halogens is 1. The summed E-state index contributed by atoms with van der Waals surface area (Å²) in [6.45, 7) is 1.85. The van der Waals surface area contributed by atoms with Crippen LogP contribution in [0.2, 0.25) is 0 Å². The maximum absolute atomic E-state index is 13.1. The second kappa shape index (κ2) is 5.10. The third-order valence-electron chi connectivity index (χ3n) is 4.23. The molecule has 1 saturated heterocycles. The normalized spacial score (nSPS) is 18.3. The number of nitrogens with zero attached hydrogens (tertiary/aromatic N) is 3. The molecule has 1 atom stereocenters. The highest BCUT2D eigenvalue weighted by atomic mass is 19.1. The van der Waals surface area contributed by atoms with Gasteiger partial charge in [-0.15, -0.1) is 0 Å². The SMILES string of the molecule is N[C@H]1CCN(c2cccc3c2cnn3-c2ccc(F)cc2)C1. The van der Waals surface area contributed by atoms with Crippen molar-refractivity contribution in [3.63, 3.8) is 0 Å². The number of aromatic nitrogens is 2. The third kappa shape index (κ3) is 2.14. The van der Waals surface area contributed by atoms with E-state index in [2.05, 4.69) is 16.1 Å². The summed E-state index contributed by atoms with van der Waals surface area (Å²) in [6.07, 6.45) is 2.89. The van der Waals surface area contributed by atoms with Gasteiger partial charge in [0.05, 0.1) is 17.4 Å². The minimum absolute atomic E-state index is 0.238. The Morgan fingerprint density at radius 2 is 1.95 bits per heavy atom. The molecule has 4 nitrogen and oxygen atoms in total. The average Bonchev–Trinajstić information content (AvgIpc) is 3.14. The van der Waals surface area contributed by atoms with Gasteiger partial charge < -0.3 is 10.6 Å². The Bertz CT molecular complexity index is 809. The molecule has 3 aromatic rings. The number of fused-ring (bicyclic) bond motifs is 1. The van der Waals surface area contributed by atoms with Crippen molar-refractivity contribution in [3.8, 4) is 5.69 Å². The van der Waals surface area contributed by atoms with Crippen molar-refractivity contribution in [1.82, 2.24) is 9.78 Å². The Labute approximate surface area is 127 Å². The first kappa shape index (κ1) is 13.3. The van der Waals surface area contributed by atoms with Crippen molar-refractivity contribution in [2.24, 2.45) is 5.73 Å². The molecule has 0 saturated carbocycles. The van der Waals surface area contributed by atoms with E-state index in [1.165, 1.54) is 17.8 Å². The molecule has 0 spiro atoms. The zero-order valence-corrected chi connectivity index (χ0v) is 12.1. The lowest BCUT2D eigenvalue weighted by molar-refractivity contribution is 0.627. The van der Waals surface area contributed by atoms with Gasteiger partial charge in [-0.3, -0.25) is 0 Å². The number of hydrogen-bond donors (Lipinski definition) is 1. The molecule has 1 aliphatic rings. The van der Waals surface area contributed by atoms with E-state index in [0.717, 1.165) is 36.1 Å². The monoisotopic (exact) mass is 296 g/mol. The molecule has 0 unspecified atom stereocenters. The van der Waals surface area contributed by atoms with Crippen LogP contribution in [-0.4, -0.2) is 28.9 Å². The molecule has 2 N–H and O–H groups in total. The van der Waals surface area contributed by atoms with Crippen LogP contribution >= 0.6 is 0 Å². The fraction of sp³-hybridized carbons (Fsp3) is 0.235. The van der Waals surface area contributed by atoms with Crippen molar-refractivity contribution in [3.05, 3.63) is 54.5 Å². The van der Waals surface area contributed by atoms with Crippen LogP contribution in [0.4, 0.5) is 10.1 Å². The highest BCUT2D eigenvalue weighted by molar-refractivity contribution is 5.93. The second-order valence-electron chi connectivity index (χ2n) is 5.74. The Hall–Kier alpha value is -2.40. The van der Waals surface area contributed by atoms with Gasteiger partial charge in [0.25, 0.3) is 0 Å². The van der Waals surface area contributed by atoms with Crippen molar-refractivity contribution < 1.29 is 4.39 Å². The van der Waals surface area contributed by atoms with E-state index in [-0.39, 0.29) is 11.9 Å². The molecule has 2 aromatic carbocycles. The lowest BCUT2D eigenvalue weighted by atomic mass is 10.2. The van der Waals surface area contributed by atoms with Crippen molar-refractivity contribution in [1.29, 1.82) is 0 Å². The molecule has 5 heteroatoms. The van der Waals surface area contributed by atoms with E-state index < -0.39 is 0 Å². The summed E-state index contributed by atoms with van der Waals surface area (Å²) in [5.41, 5.74) is 9.06. The van der Waals surface area contributed by atoms with E-state index in [4.69, 9.17) is 5.73 Å². The number of anilines is 1. The zero-order chi connectivity index (χ0) is 15.1. The van der Waals surface area contributed by atoms with Crippen molar-refractivity contribution >= 4 is 16.6 Å². The van der Waals surface area contributed by atoms with E-state index in [9.17, 15) is 4.39 Å². The summed E-state index contributed by atoms with van der Waals surface area (Å²) in [5.74, 6) is -0.244. The topological polar surface area (TPSA) is 47.1 Å². The lowest BCUT2D eigenvalue weighted by Gasteiger charge is -2.19. The fourth-order valence-corrected chi connectivity index (χ4v) is 3.11. The van der Waals surface area contributed by atoms with Crippen LogP contribution in [-0.2, 0) is 0 Å². The maximum Gasteiger partial charge on any atom is 0.123 e. The van der Waals surface area contributed by atoms with Crippen LogP contribution in [0.5, 0.6) is 0 Å².